The molecule has 0 amide bonds. The van der Waals surface area contributed by atoms with E-state index in [9.17, 15) is 13.2 Å². The molecule has 25 heavy (non-hydrogen) atoms. The van der Waals surface area contributed by atoms with Gasteiger partial charge in [-0.25, -0.2) is 17.9 Å². The molecule has 0 aliphatic heterocycles. The lowest BCUT2D eigenvalue weighted by Gasteiger charge is -2.09. The van der Waals surface area contributed by atoms with Gasteiger partial charge in [-0.1, -0.05) is 23.7 Å². The van der Waals surface area contributed by atoms with E-state index in [1.807, 2.05) is 0 Å². The maximum absolute atomic E-state index is 12.1. The Morgan fingerprint density at radius 1 is 1.08 bits per heavy atom. The molecule has 0 saturated heterocycles. The van der Waals surface area contributed by atoms with Crippen molar-refractivity contribution < 1.29 is 22.7 Å². The molecule has 0 aliphatic carbocycles. The number of methoxy groups -OCH3 is 1. The zero-order chi connectivity index (χ0) is 18.3. The van der Waals surface area contributed by atoms with E-state index in [4.69, 9.17) is 16.3 Å². The first-order chi connectivity index (χ1) is 11.9. The van der Waals surface area contributed by atoms with Crippen LogP contribution in [0.3, 0.4) is 0 Å². The van der Waals surface area contributed by atoms with Gasteiger partial charge in [-0.05, 0) is 42.0 Å². The Morgan fingerprint density at radius 2 is 1.72 bits per heavy atom. The zero-order valence-corrected chi connectivity index (χ0v) is 15.1. The molecule has 2 aromatic carbocycles. The van der Waals surface area contributed by atoms with Crippen LogP contribution in [-0.2, 0) is 20.5 Å². The fourth-order valence-electron chi connectivity index (χ4n) is 2.02. The molecule has 0 spiro atoms. The molecule has 0 unspecified atom stereocenters. The molecule has 0 radical (unpaired) electrons. The molecule has 0 heterocycles. The first kappa shape index (κ1) is 19.2. The van der Waals surface area contributed by atoms with E-state index in [2.05, 4.69) is 9.46 Å². The summed E-state index contributed by atoms with van der Waals surface area (Å²) < 4.78 is 36.6. The third-order valence-corrected chi connectivity index (χ3v) is 4.85. The minimum Gasteiger partial charge on any atom is -0.492 e. The van der Waals surface area contributed by atoms with Gasteiger partial charge in [-0.3, -0.25) is 0 Å². The standard InChI is InChI=1S/C17H18ClNO5S/c1-23-17(20)14-4-2-13(3-5-14)12-25(21,22)19-10-11-24-16-8-6-15(18)7-9-16/h2-9,19H,10-12H2,1H3. The Hall–Kier alpha value is -2.09. The second-order valence-electron chi connectivity index (χ2n) is 5.14. The molecule has 0 atom stereocenters. The molecule has 0 fully saturated rings. The van der Waals surface area contributed by atoms with Crippen LogP contribution in [0.4, 0.5) is 0 Å². The normalized spacial score (nSPS) is 11.1. The lowest BCUT2D eigenvalue weighted by Crippen LogP contribution is -2.29. The van der Waals surface area contributed by atoms with E-state index in [0.29, 0.717) is 21.9 Å². The molecule has 0 aliphatic rings. The van der Waals surface area contributed by atoms with E-state index in [0.717, 1.165) is 0 Å². The molecule has 0 bridgehead atoms. The van der Waals surface area contributed by atoms with Gasteiger partial charge < -0.3 is 9.47 Å². The number of ether oxygens (including phenoxy) is 2. The lowest BCUT2D eigenvalue weighted by atomic mass is 10.1. The van der Waals surface area contributed by atoms with Crippen LogP contribution in [0.5, 0.6) is 5.75 Å². The van der Waals surface area contributed by atoms with Gasteiger partial charge in [0.05, 0.1) is 18.4 Å². The second kappa shape index (κ2) is 8.84. The van der Waals surface area contributed by atoms with Crippen LogP contribution in [0.15, 0.2) is 48.5 Å². The van der Waals surface area contributed by atoms with Crippen molar-refractivity contribution in [3.63, 3.8) is 0 Å². The van der Waals surface area contributed by atoms with Gasteiger partial charge in [0.1, 0.15) is 12.4 Å². The Morgan fingerprint density at radius 3 is 2.32 bits per heavy atom. The van der Waals surface area contributed by atoms with Crippen molar-refractivity contribution in [3.05, 3.63) is 64.7 Å². The van der Waals surface area contributed by atoms with Gasteiger partial charge >= 0.3 is 5.97 Å². The number of hydrogen-bond acceptors (Lipinski definition) is 5. The molecular weight excluding hydrogens is 366 g/mol. The van der Waals surface area contributed by atoms with Crippen LogP contribution in [0, 0.1) is 0 Å². The Labute approximate surface area is 151 Å². The van der Waals surface area contributed by atoms with E-state index in [1.54, 1.807) is 36.4 Å². The molecule has 2 aromatic rings. The topological polar surface area (TPSA) is 81.7 Å². The summed E-state index contributed by atoms with van der Waals surface area (Å²) in [6.07, 6.45) is 0. The quantitative estimate of drug-likeness (QED) is 0.559. The van der Waals surface area contributed by atoms with Crippen LogP contribution in [0.25, 0.3) is 0 Å². The third kappa shape index (κ3) is 6.38. The predicted octanol–water partition coefficient (Wildman–Crippen LogP) is 2.62. The predicted molar refractivity (Wildman–Crippen MR) is 95.4 cm³/mol. The van der Waals surface area contributed by atoms with E-state index < -0.39 is 16.0 Å². The van der Waals surface area contributed by atoms with Crippen LogP contribution in [-0.4, -0.2) is 34.6 Å². The molecule has 6 nitrogen and oxygen atoms in total. The summed E-state index contributed by atoms with van der Waals surface area (Å²) in [5, 5.41) is 0.603. The second-order valence-corrected chi connectivity index (χ2v) is 7.39. The van der Waals surface area contributed by atoms with Gasteiger partial charge in [0.15, 0.2) is 0 Å². The first-order valence-corrected chi connectivity index (χ1v) is 9.45. The monoisotopic (exact) mass is 383 g/mol. The van der Waals surface area contributed by atoms with Gasteiger partial charge in [0, 0.05) is 11.6 Å². The van der Waals surface area contributed by atoms with Gasteiger partial charge in [0.25, 0.3) is 0 Å². The SMILES string of the molecule is COC(=O)c1ccc(CS(=O)(=O)NCCOc2ccc(Cl)cc2)cc1. The minimum absolute atomic E-state index is 0.144. The van der Waals surface area contributed by atoms with Crippen molar-refractivity contribution in [1.82, 2.24) is 4.72 Å². The number of sulfonamides is 1. The fraction of sp³-hybridized carbons (Fsp3) is 0.235. The number of hydrogen-bond donors (Lipinski definition) is 1. The van der Waals surface area contributed by atoms with Crippen molar-refractivity contribution in [2.24, 2.45) is 0 Å². The molecule has 0 saturated carbocycles. The Balaban J connectivity index is 1.81. The van der Waals surface area contributed by atoms with Gasteiger partial charge in [0.2, 0.25) is 10.0 Å². The summed E-state index contributed by atoms with van der Waals surface area (Å²) in [7, 11) is -2.21. The smallest absolute Gasteiger partial charge is 0.337 e. The van der Waals surface area contributed by atoms with Gasteiger partial charge in [-0.2, -0.15) is 0 Å². The maximum atomic E-state index is 12.1. The molecular formula is C17H18ClNO5S. The summed E-state index contributed by atoms with van der Waals surface area (Å²) in [5.41, 5.74) is 0.937. The van der Waals surface area contributed by atoms with Crippen LogP contribution in [0.1, 0.15) is 15.9 Å². The largest absolute Gasteiger partial charge is 0.492 e. The average Bonchev–Trinajstić information content (AvgIpc) is 2.60. The zero-order valence-electron chi connectivity index (χ0n) is 13.6. The number of nitrogens with one attached hydrogen (secondary N) is 1. The number of carbonyl (C=O) groups excluding carboxylic acids is 1. The molecule has 134 valence electrons. The summed E-state index contributed by atoms with van der Waals surface area (Å²) in [6.45, 7) is 0.341. The van der Waals surface area contributed by atoms with E-state index in [1.165, 1.54) is 19.2 Å². The van der Waals surface area contributed by atoms with Crippen molar-refractivity contribution in [3.8, 4) is 5.75 Å². The highest BCUT2D eigenvalue weighted by molar-refractivity contribution is 7.88. The Bertz CT molecular complexity index is 804. The van der Waals surface area contributed by atoms with E-state index in [-0.39, 0.29) is 18.9 Å². The van der Waals surface area contributed by atoms with Crippen LogP contribution >= 0.6 is 11.6 Å². The van der Waals surface area contributed by atoms with E-state index >= 15 is 0 Å². The van der Waals surface area contributed by atoms with Crippen LogP contribution < -0.4 is 9.46 Å². The summed E-state index contributed by atoms with van der Waals surface area (Å²) >= 11 is 5.77. The molecule has 2 rings (SSSR count). The molecule has 8 heteroatoms. The number of rotatable bonds is 8. The highest BCUT2D eigenvalue weighted by Gasteiger charge is 2.12. The number of esters is 1. The minimum atomic E-state index is -3.50. The molecule has 1 N–H and O–H groups in total. The maximum Gasteiger partial charge on any atom is 0.337 e. The lowest BCUT2D eigenvalue weighted by molar-refractivity contribution is 0.0600. The van der Waals surface area contributed by atoms with Gasteiger partial charge in [-0.15, -0.1) is 0 Å². The Kier molecular flexibility index (Phi) is 6.81. The highest BCUT2D eigenvalue weighted by Crippen LogP contribution is 2.15. The van der Waals surface area contributed by atoms with Crippen molar-refractivity contribution >= 4 is 27.6 Å². The summed E-state index contributed by atoms with van der Waals surface area (Å²) in [6, 6.07) is 13.0. The number of benzene rings is 2. The van der Waals surface area contributed by atoms with Crippen molar-refractivity contribution in [2.75, 3.05) is 20.3 Å². The summed E-state index contributed by atoms with van der Waals surface area (Å²) in [5.74, 6) is -0.0380. The average molecular weight is 384 g/mol. The third-order valence-electron chi connectivity index (χ3n) is 3.24. The number of halogens is 1. The highest BCUT2D eigenvalue weighted by atomic mass is 35.5. The molecule has 0 aromatic heterocycles. The fourth-order valence-corrected chi connectivity index (χ4v) is 3.28. The van der Waals surface area contributed by atoms with Crippen molar-refractivity contribution in [2.45, 2.75) is 5.75 Å². The van der Waals surface area contributed by atoms with Crippen molar-refractivity contribution in [1.29, 1.82) is 0 Å². The van der Waals surface area contributed by atoms with Crippen LogP contribution in [0.2, 0.25) is 5.02 Å². The summed E-state index contributed by atoms with van der Waals surface area (Å²) in [4.78, 5) is 11.3. The first-order valence-electron chi connectivity index (χ1n) is 7.42. The number of carbonyl (C=O) groups is 1.